The van der Waals surface area contributed by atoms with Gasteiger partial charge in [-0.3, -0.25) is 19.3 Å². The summed E-state index contributed by atoms with van der Waals surface area (Å²) >= 11 is 14.9. The Bertz CT molecular complexity index is 1040. The van der Waals surface area contributed by atoms with Crippen LogP contribution in [-0.2, 0) is 20.9 Å². The Morgan fingerprint density at radius 1 is 1.26 bits per heavy atom. The quantitative estimate of drug-likeness (QED) is 0.269. The van der Waals surface area contributed by atoms with E-state index >= 15 is 0 Å². The zero-order chi connectivity index (χ0) is 25.2. The Hall–Kier alpha value is -1.89. The minimum absolute atomic E-state index is 0.0264. The van der Waals surface area contributed by atoms with Crippen LogP contribution in [0, 0.1) is 0 Å². The first kappa shape index (κ1) is 27.7. The van der Waals surface area contributed by atoms with Gasteiger partial charge in [0.05, 0.1) is 29.3 Å². The van der Waals surface area contributed by atoms with Crippen molar-refractivity contribution in [3.05, 3.63) is 44.9 Å². The first-order valence-corrected chi connectivity index (χ1v) is 13.6. The molecule has 0 radical (unpaired) electrons. The zero-order valence-corrected chi connectivity index (χ0v) is 22.1. The lowest BCUT2D eigenvalue weighted by Gasteiger charge is -2.33. The number of aromatic nitrogens is 1. The number of rotatable bonds is 12. The smallest absolute Gasteiger partial charge is 0.271 e. The number of thioether (sulfide) groups is 1. The maximum atomic E-state index is 12.2. The van der Waals surface area contributed by atoms with Gasteiger partial charge in [0.2, 0.25) is 11.8 Å². The Morgan fingerprint density at radius 2 is 2.09 bits per heavy atom. The predicted molar refractivity (Wildman–Crippen MR) is 138 cm³/mol. The van der Waals surface area contributed by atoms with Gasteiger partial charge in [-0.15, -0.1) is 11.3 Å². The van der Waals surface area contributed by atoms with E-state index in [-0.39, 0.29) is 24.2 Å². The van der Waals surface area contributed by atoms with E-state index < -0.39 is 11.8 Å². The second-order valence-corrected chi connectivity index (χ2v) is 10.9. The Morgan fingerprint density at radius 3 is 2.86 bits per heavy atom. The van der Waals surface area contributed by atoms with Crippen LogP contribution in [0.3, 0.4) is 0 Å². The third-order valence-electron chi connectivity index (χ3n) is 5.05. The van der Waals surface area contributed by atoms with Crippen molar-refractivity contribution in [1.29, 1.82) is 0 Å². The highest BCUT2D eigenvalue weighted by Gasteiger charge is 2.21. The maximum Gasteiger partial charge on any atom is 0.271 e. The summed E-state index contributed by atoms with van der Waals surface area (Å²) in [7, 11) is 0. The summed E-state index contributed by atoms with van der Waals surface area (Å²) in [6.45, 7) is 3.11. The average molecular weight is 561 g/mol. The number of morpholine rings is 1. The van der Waals surface area contributed by atoms with Crippen molar-refractivity contribution < 1.29 is 19.1 Å². The largest absolute Gasteiger partial charge is 0.374 e. The van der Waals surface area contributed by atoms with Crippen LogP contribution in [0.15, 0.2) is 27.9 Å². The number of hydrogen-bond acceptors (Lipinski definition) is 8. The molecule has 2 heterocycles. The molecule has 3 rings (SSSR count). The Balaban J connectivity index is 1.31. The molecule has 2 aromatic rings. The molecule has 0 aliphatic carbocycles. The molecule has 1 aliphatic heterocycles. The average Bonchev–Trinajstić information content (AvgIpc) is 3.31. The van der Waals surface area contributed by atoms with Crippen LogP contribution in [0.1, 0.15) is 28.9 Å². The number of benzene rings is 1. The molecular weight excluding hydrogens is 533 g/mol. The van der Waals surface area contributed by atoms with E-state index in [1.165, 1.54) is 23.1 Å². The van der Waals surface area contributed by atoms with E-state index in [0.29, 0.717) is 41.8 Å². The number of carbonyl (C=O) groups is 3. The molecule has 1 fully saturated rings. The standard InChI is InChI=1S/C22H27Cl2N5O4S2/c23-16-4-3-14(8-17(16)24)11-29-5-6-33-15(12-29)9-26-20(31)2-1-7-34-22-28-18(13-35-22)21(32)27-10-19(25)30/h3-4,8,13,15H,1-2,5-7,9-12H2,(H2,25,30)(H,26,31)(H,27,32). The molecule has 0 spiro atoms. The molecule has 190 valence electrons. The van der Waals surface area contributed by atoms with Crippen LogP contribution in [0.4, 0.5) is 0 Å². The van der Waals surface area contributed by atoms with Crippen LogP contribution < -0.4 is 16.4 Å². The lowest BCUT2D eigenvalue weighted by Crippen LogP contribution is -2.47. The van der Waals surface area contributed by atoms with Crippen LogP contribution in [0.5, 0.6) is 0 Å². The van der Waals surface area contributed by atoms with Crippen LogP contribution in [-0.4, -0.2) is 72.2 Å². The molecular formula is C22H27Cl2N5O4S2. The van der Waals surface area contributed by atoms with Gasteiger partial charge in [-0.2, -0.15) is 0 Å². The first-order chi connectivity index (χ1) is 16.8. The fraction of sp³-hybridized carbons (Fsp3) is 0.455. The second-order valence-electron chi connectivity index (χ2n) is 7.88. The van der Waals surface area contributed by atoms with Gasteiger partial charge in [0.15, 0.2) is 4.34 Å². The fourth-order valence-corrected chi connectivity index (χ4v) is 5.47. The topological polar surface area (TPSA) is 127 Å². The van der Waals surface area contributed by atoms with Gasteiger partial charge < -0.3 is 21.1 Å². The van der Waals surface area contributed by atoms with Crippen LogP contribution >= 0.6 is 46.3 Å². The lowest BCUT2D eigenvalue weighted by molar-refractivity contribution is -0.122. The number of nitrogens with one attached hydrogen (secondary N) is 2. The molecule has 1 aliphatic rings. The van der Waals surface area contributed by atoms with Gasteiger partial charge >= 0.3 is 0 Å². The number of primary amides is 1. The SMILES string of the molecule is NC(=O)CNC(=O)c1csc(SCCCC(=O)NCC2CN(Cc3ccc(Cl)c(Cl)c3)CCO2)n1. The zero-order valence-electron chi connectivity index (χ0n) is 18.9. The van der Waals surface area contributed by atoms with Crippen molar-refractivity contribution in [3.8, 4) is 0 Å². The maximum absolute atomic E-state index is 12.2. The molecule has 9 nitrogen and oxygen atoms in total. The molecule has 1 unspecified atom stereocenters. The molecule has 3 amide bonds. The molecule has 1 atom stereocenters. The van der Waals surface area contributed by atoms with Crippen molar-refractivity contribution in [2.24, 2.45) is 5.73 Å². The highest BCUT2D eigenvalue weighted by atomic mass is 35.5. The van der Waals surface area contributed by atoms with Crippen molar-refractivity contribution in [1.82, 2.24) is 20.5 Å². The number of ether oxygens (including phenoxy) is 1. The van der Waals surface area contributed by atoms with Gasteiger partial charge in [0.25, 0.3) is 5.91 Å². The second kappa shape index (κ2) is 14.0. The van der Waals surface area contributed by atoms with Gasteiger partial charge in [0, 0.05) is 43.7 Å². The Labute approximate surface area is 222 Å². The van der Waals surface area contributed by atoms with Crippen molar-refractivity contribution >= 4 is 64.0 Å². The summed E-state index contributed by atoms with van der Waals surface area (Å²) in [5.74, 6) is -0.383. The van der Waals surface area contributed by atoms with E-state index in [1.54, 1.807) is 11.4 Å². The highest BCUT2D eigenvalue weighted by Crippen LogP contribution is 2.24. The van der Waals surface area contributed by atoms with Crippen LogP contribution in [0.2, 0.25) is 10.0 Å². The third kappa shape index (κ3) is 9.59. The summed E-state index contributed by atoms with van der Waals surface area (Å²) in [6.07, 6.45) is 0.998. The molecule has 0 bridgehead atoms. The molecule has 35 heavy (non-hydrogen) atoms. The van der Waals surface area contributed by atoms with Gasteiger partial charge in [-0.1, -0.05) is 41.0 Å². The number of amides is 3. The normalized spacial score (nSPS) is 16.1. The fourth-order valence-electron chi connectivity index (χ4n) is 3.34. The molecule has 4 N–H and O–H groups in total. The molecule has 0 saturated carbocycles. The number of nitrogens with two attached hydrogens (primary N) is 1. The molecule has 1 aromatic carbocycles. The summed E-state index contributed by atoms with van der Waals surface area (Å²) in [4.78, 5) is 41.3. The number of carbonyl (C=O) groups excluding carboxylic acids is 3. The number of halogens is 2. The van der Waals surface area contributed by atoms with E-state index in [4.69, 9.17) is 33.7 Å². The number of nitrogens with zero attached hydrogens (tertiary/aromatic N) is 2. The van der Waals surface area contributed by atoms with Gasteiger partial charge in [0.1, 0.15) is 5.69 Å². The summed E-state index contributed by atoms with van der Waals surface area (Å²) in [6, 6.07) is 5.63. The van der Waals surface area contributed by atoms with E-state index in [9.17, 15) is 14.4 Å². The Kier molecular flexibility index (Phi) is 11.1. The van der Waals surface area contributed by atoms with E-state index in [1.807, 2.05) is 12.1 Å². The highest BCUT2D eigenvalue weighted by molar-refractivity contribution is 8.01. The van der Waals surface area contributed by atoms with E-state index in [2.05, 4.69) is 20.5 Å². The molecule has 1 saturated heterocycles. The third-order valence-corrected chi connectivity index (χ3v) is 7.90. The van der Waals surface area contributed by atoms with Crippen molar-refractivity contribution in [3.63, 3.8) is 0 Å². The van der Waals surface area contributed by atoms with Gasteiger partial charge in [-0.25, -0.2) is 4.98 Å². The monoisotopic (exact) mass is 559 g/mol. The predicted octanol–water partition coefficient (Wildman–Crippen LogP) is 2.55. The van der Waals surface area contributed by atoms with E-state index in [0.717, 1.165) is 29.5 Å². The lowest BCUT2D eigenvalue weighted by atomic mass is 10.2. The number of hydrogen-bond donors (Lipinski definition) is 3. The van der Waals surface area contributed by atoms with Crippen LogP contribution in [0.25, 0.3) is 0 Å². The summed E-state index contributed by atoms with van der Waals surface area (Å²) in [5.41, 5.74) is 6.34. The summed E-state index contributed by atoms with van der Waals surface area (Å²) < 4.78 is 6.53. The molecule has 13 heteroatoms. The van der Waals surface area contributed by atoms with Crippen molar-refractivity contribution in [2.45, 2.75) is 29.8 Å². The number of thiazole rings is 1. The first-order valence-electron chi connectivity index (χ1n) is 11.0. The molecule has 1 aromatic heterocycles. The van der Waals surface area contributed by atoms with Crippen molar-refractivity contribution in [2.75, 3.05) is 38.5 Å². The summed E-state index contributed by atoms with van der Waals surface area (Å²) in [5, 5.41) is 8.06. The van der Waals surface area contributed by atoms with Gasteiger partial charge in [-0.05, 0) is 24.1 Å². The minimum Gasteiger partial charge on any atom is -0.374 e. The minimum atomic E-state index is -0.614.